The number of aromatic nitrogens is 3. The van der Waals surface area contributed by atoms with Gasteiger partial charge in [-0.25, -0.2) is 9.18 Å². The Hall–Kier alpha value is -4.28. The van der Waals surface area contributed by atoms with Crippen LogP contribution < -0.4 is 0 Å². The minimum Gasteiger partial charge on any atom is -0.430 e. The second-order valence-electron chi connectivity index (χ2n) is 7.87. The molecule has 0 spiro atoms. The van der Waals surface area contributed by atoms with E-state index in [1.807, 2.05) is 24.3 Å². The van der Waals surface area contributed by atoms with Crippen molar-refractivity contribution in [2.75, 3.05) is 6.54 Å². The Bertz CT molecular complexity index is 1440. The van der Waals surface area contributed by atoms with Crippen LogP contribution in [0.5, 0.6) is 0 Å². The summed E-state index contributed by atoms with van der Waals surface area (Å²) in [6.07, 6.45) is -4.24. The molecule has 1 amide bonds. The summed E-state index contributed by atoms with van der Waals surface area (Å²) in [4.78, 5) is 30.5. The molecule has 11 heteroatoms. The topological polar surface area (TPSA) is 88.2 Å². The lowest BCUT2D eigenvalue weighted by atomic mass is 9.98. The van der Waals surface area contributed by atoms with Crippen LogP contribution in [0, 0.1) is 5.82 Å². The lowest BCUT2D eigenvalue weighted by molar-refractivity contribution is -0.211. The van der Waals surface area contributed by atoms with Crippen LogP contribution in [0.2, 0.25) is 0 Å². The molecule has 1 aliphatic rings. The Morgan fingerprint density at radius 2 is 1.91 bits per heavy atom. The molecule has 178 valence electrons. The highest BCUT2D eigenvalue weighted by Gasteiger charge is 2.48. The number of nitrogens with one attached hydrogen (secondary N) is 1. The zero-order chi connectivity index (χ0) is 24.7. The first-order chi connectivity index (χ1) is 16.7. The molecule has 2 aromatic heterocycles. The molecular formula is C24H16F4N4O3. The SMILES string of the molecule is O=C1c2c(-c3cn[nH]c3)ccc(F)c2C(OC(=O)C(F)(F)F)N1CCc1ccc2ccccc2n1. The number of halogens is 4. The molecule has 4 aromatic rings. The number of carbonyl (C=O) groups is 2. The number of benzene rings is 2. The minimum atomic E-state index is -5.32. The van der Waals surface area contributed by atoms with Crippen LogP contribution >= 0.6 is 0 Å². The Morgan fingerprint density at radius 1 is 1.11 bits per heavy atom. The highest BCUT2D eigenvalue weighted by atomic mass is 19.4. The number of ether oxygens (including phenoxy) is 1. The van der Waals surface area contributed by atoms with Gasteiger partial charge in [-0.15, -0.1) is 0 Å². The first kappa shape index (κ1) is 22.5. The number of fused-ring (bicyclic) bond motifs is 2. The smallest absolute Gasteiger partial charge is 0.430 e. The number of hydrogen-bond acceptors (Lipinski definition) is 5. The molecule has 1 unspecified atom stereocenters. The summed E-state index contributed by atoms with van der Waals surface area (Å²) in [5, 5.41) is 7.27. The number of aromatic amines is 1. The van der Waals surface area contributed by atoms with Crippen LogP contribution in [0.1, 0.15) is 27.8 Å². The van der Waals surface area contributed by atoms with Gasteiger partial charge >= 0.3 is 12.1 Å². The van der Waals surface area contributed by atoms with E-state index in [-0.39, 0.29) is 24.1 Å². The average Bonchev–Trinajstić information content (AvgIpc) is 3.45. The van der Waals surface area contributed by atoms with Gasteiger partial charge in [0.15, 0.2) is 0 Å². The van der Waals surface area contributed by atoms with Crippen molar-refractivity contribution in [3.05, 3.63) is 83.6 Å². The Labute approximate surface area is 195 Å². The monoisotopic (exact) mass is 484 g/mol. The largest absolute Gasteiger partial charge is 0.491 e. The molecule has 0 bridgehead atoms. The molecule has 5 rings (SSSR count). The van der Waals surface area contributed by atoms with Gasteiger partial charge < -0.3 is 4.74 Å². The molecule has 1 N–H and O–H groups in total. The number of H-pyrrole nitrogens is 1. The number of carbonyl (C=O) groups excluding carboxylic acids is 2. The van der Waals surface area contributed by atoms with Gasteiger partial charge in [0.25, 0.3) is 5.91 Å². The summed E-state index contributed by atoms with van der Waals surface area (Å²) in [6.45, 7) is -0.168. The maximum atomic E-state index is 14.9. The van der Waals surface area contributed by atoms with Gasteiger partial charge in [0.1, 0.15) is 5.82 Å². The molecule has 1 aliphatic heterocycles. The fraction of sp³-hybridized carbons (Fsp3) is 0.167. The number of esters is 1. The summed E-state index contributed by atoms with van der Waals surface area (Å²) in [5.41, 5.74) is 1.32. The maximum Gasteiger partial charge on any atom is 0.491 e. The van der Waals surface area contributed by atoms with Crippen molar-refractivity contribution >= 4 is 22.8 Å². The van der Waals surface area contributed by atoms with E-state index < -0.39 is 35.7 Å². The van der Waals surface area contributed by atoms with Gasteiger partial charge in [-0.2, -0.15) is 18.3 Å². The molecular weight excluding hydrogens is 468 g/mol. The molecule has 35 heavy (non-hydrogen) atoms. The van der Waals surface area contributed by atoms with Crippen LogP contribution in [0.25, 0.3) is 22.0 Å². The van der Waals surface area contributed by atoms with Crippen molar-refractivity contribution < 1.29 is 31.9 Å². The lowest BCUT2D eigenvalue weighted by Gasteiger charge is -2.25. The fourth-order valence-corrected chi connectivity index (χ4v) is 4.10. The number of para-hydroxylation sites is 1. The number of pyridine rings is 1. The highest BCUT2D eigenvalue weighted by Crippen LogP contribution is 2.42. The van der Waals surface area contributed by atoms with Gasteiger partial charge in [-0.3, -0.25) is 19.8 Å². The average molecular weight is 484 g/mol. The van der Waals surface area contributed by atoms with Crippen LogP contribution in [-0.2, 0) is 16.0 Å². The number of rotatable bonds is 5. The van der Waals surface area contributed by atoms with E-state index >= 15 is 0 Å². The Balaban J connectivity index is 1.52. The van der Waals surface area contributed by atoms with Crippen LogP contribution in [-0.4, -0.2) is 44.7 Å². The Kier molecular flexibility index (Phi) is 5.46. The van der Waals surface area contributed by atoms with Crippen LogP contribution in [0.3, 0.4) is 0 Å². The maximum absolute atomic E-state index is 14.9. The van der Waals surface area contributed by atoms with Crippen molar-refractivity contribution in [1.29, 1.82) is 0 Å². The molecule has 0 radical (unpaired) electrons. The quantitative estimate of drug-likeness (QED) is 0.331. The normalized spacial score (nSPS) is 15.5. The standard InChI is InChI=1S/C24H16F4N4O3/c25-17-8-7-16(14-11-29-30-12-14)19-20(17)22(35-23(34)24(26,27)28)32(21(19)33)10-9-15-6-5-13-3-1-2-4-18(13)31-15/h1-8,11-12,22H,9-10H2,(H,29,30). The van der Waals surface area contributed by atoms with Gasteiger partial charge in [0.05, 0.1) is 22.8 Å². The van der Waals surface area contributed by atoms with E-state index in [0.29, 0.717) is 16.8 Å². The van der Waals surface area contributed by atoms with Crippen molar-refractivity contribution in [3.8, 4) is 11.1 Å². The zero-order valence-corrected chi connectivity index (χ0v) is 17.8. The van der Waals surface area contributed by atoms with E-state index in [1.165, 1.54) is 18.5 Å². The Morgan fingerprint density at radius 3 is 2.66 bits per heavy atom. The van der Waals surface area contributed by atoms with Gasteiger partial charge in [-0.05, 0) is 23.8 Å². The molecule has 0 saturated carbocycles. The summed E-state index contributed by atoms with van der Waals surface area (Å²) in [5.74, 6) is -4.26. The summed E-state index contributed by atoms with van der Waals surface area (Å²) >= 11 is 0. The molecule has 0 aliphatic carbocycles. The van der Waals surface area contributed by atoms with E-state index in [9.17, 15) is 27.2 Å². The highest BCUT2D eigenvalue weighted by molar-refractivity contribution is 6.05. The third-order valence-electron chi connectivity index (χ3n) is 5.72. The summed E-state index contributed by atoms with van der Waals surface area (Å²) in [7, 11) is 0. The van der Waals surface area contributed by atoms with Crippen molar-refractivity contribution in [3.63, 3.8) is 0 Å². The molecule has 0 fully saturated rings. The van der Waals surface area contributed by atoms with Gasteiger partial charge in [-0.1, -0.05) is 30.3 Å². The number of alkyl halides is 3. The minimum absolute atomic E-state index is 0.132. The number of nitrogens with zero attached hydrogens (tertiary/aromatic N) is 3. The predicted octanol–water partition coefficient (Wildman–Crippen LogP) is 4.57. The van der Waals surface area contributed by atoms with Crippen molar-refractivity contribution in [2.24, 2.45) is 0 Å². The molecule has 0 saturated heterocycles. The van der Waals surface area contributed by atoms with Crippen LogP contribution in [0.15, 0.2) is 60.9 Å². The van der Waals surface area contributed by atoms with Crippen molar-refractivity contribution in [1.82, 2.24) is 20.1 Å². The second kappa shape index (κ2) is 8.49. The molecule has 3 heterocycles. The molecule has 2 aromatic carbocycles. The lowest BCUT2D eigenvalue weighted by Crippen LogP contribution is -2.36. The summed E-state index contributed by atoms with van der Waals surface area (Å²) < 4.78 is 58.6. The molecule has 1 atom stereocenters. The van der Waals surface area contributed by atoms with E-state index in [1.54, 1.807) is 12.1 Å². The van der Waals surface area contributed by atoms with Gasteiger partial charge in [0, 0.05) is 35.8 Å². The van der Waals surface area contributed by atoms with Crippen LogP contribution in [0.4, 0.5) is 17.6 Å². The van der Waals surface area contributed by atoms with E-state index in [2.05, 4.69) is 19.9 Å². The van der Waals surface area contributed by atoms with E-state index in [4.69, 9.17) is 0 Å². The van der Waals surface area contributed by atoms with Crippen molar-refractivity contribution in [2.45, 2.75) is 18.8 Å². The fourth-order valence-electron chi connectivity index (χ4n) is 4.10. The molecule has 7 nitrogen and oxygen atoms in total. The predicted molar refractivity (Wildman–Crippen MR) is 115 cm³/mol. The first-order valence-electron chi connectivity index (χ1n) is 10.5. The third kappa shape index (κ3) is 4.09. The first-order valence-corrected chi connectivity index (χ1v) is 10.5. The number of amides is 1. The zero-order valence-electron chi connectivity index (χ0n) is 17.8. The second-order valence-corrected chi connectivity index (χ2v) is 7.87. The third-order valence-corrected chi connectivity index (χ3v) is 5.72. The summed E-state index contributed by atoms with van der Waals surface area (Å²) in [6, 6.07) is 13.2. The van der Waals surface area contributed by atoms with Gasteiger partial charge in [0.2, 0.25) is 6.23 Å². The van der Waals surface area contributed by atoms with E-state index in [0.717, 1.165) is 16.4 Å². The number of hydrogen-bond donors (Lipinski definition) is 1.